The summed E-state index contributed by atoms with van der Waals surface area (Å²) in [6.07, 6.45) is 1.44. The number of hydrogen-bond acceptors (Lipinski definition) is 7. The maximum atomic E-state index is 15.6. The Morgan fingerprint density at radius 2 is 1.86 bits per heavy atom. The Morgan fingerprint density at radius 3 is 2.54 bits per heavy atom. The molecule has 3 aromatic carbocycles. The number of benzene rings is 3. The first kappa shape index (κ1) is 24.4. The Labute approximate surface area is 215 Å². The van der Waals surface area contributed by atoms with Gasteiger partial charge in [0.25, 0.3) is 10.0 Å². The third-order valence-corrected chi connectivity index (χ3v) is 8.18. The van der Waals surface area contributed by atoms with E-state index in [1.54, 1.807) is 29.6 Å². The second-order valence-corrected chi connectivity index (χ2v) is 10.9. The summed E-state index contributed by atoms with van der Waals surface area (Å²) in [6, 6.07) is 14.2. The monoisotopic (exact) mass is 536 g/mol. The first-order chi connectivity index (χ1) is 17.7. The number of anilines is 1. The highest BCUT2D eigenvalue weighted by atomic mass is 32.2. The smallest absolute Gasteiger partial charge is 0.268 e. The van der Waals surface area contributed by atoms with E-state index in [2.05, 4.69) is 4.98 Å². The molecule has 0 spiro atoms. The Bertz CT molecular complexity index is 1800. The van der Waals surface area contributed by atoms with Crippen molar-refractivity contribution in [3.8, 4) is 17.6 Å². The van der Waals surface area contributed by atoms with Crippen LogP contribution >= 0.6 is 11.3 Å². The van der Waals surface area contributed by atoms with E-state index in [9.17, 15) is 12.8 Å². The number of nitriles is 1. The molecule has 7 nitrogen and oxygen atoms in total. The van der Waals surface area contributed by atoms with E-state index in [4.69, 9.17) is 15.7 Å². The maximum Gasteiger partial charge on any atom is 0.268 e. The minimum absolute atomic E-state index is 0.0435. The summed E-state index contributed by atoms with van der Waals surface area (Å²) in [4.78, 5) is 4.30. The van der Waals surface area contributed by atoms with Crippen LogP contribution in [0.2, 0.25) is 0 Å². The Hall–Kier alpha value is -4.27. The Kier molecular flexibility index (Phi) is 6.15. The third kappa shape index (κ3) is 4.52. The number of aromatic nitrogens is 2. The van der Waals surface area contributed by atoms with Crippen LogP contribution in [0.15, 0.2) is 71.1 Å². The highest BCUT2D eigenvalue weighted by molar-refractivity contribution is 7.90. The van der Waals surface area contributed by atoms with Gasteiger partial charge in [-0.25, -0.2) is 26.2 Å². The topological polar surface area (TPSA) is 111 Å². The fourth-order valence-electron chi connectivity index (χ4n) is 3.95. The zero-order valence-corrected chi connectivity index (χ0v) is 20.9. The Morgan fingerprint density at radius 1 is 1.11 bits per heavy atom. The zero-order chi connectivity index (χ0) is 26.3. The highest BCUT2D eigenvalue weighted by Crippen LogP contribution is 2.38. The van der Waals surface area contributed by atoms with Gasteiger partial charge in [0, 0.05) is 41.1 Å². The SMILES string of the molecule is Cc1ccc(S(=O)(=O)n2ccc3c(Cc4csc(N)n4)c(Oc4ccc(F)c(C#N)c4)c(F)cc32)cc1. The number of ether oxygens (including phenoxy) is 1. The molecular weight excluding hydrogens is 518 g/mol. The molecule has 2 heterocycles. The van der Waals surface area contributed by atoms with Crippen molar-refractivity contribution in [1.29, 1.82) is 5.26 Å². The standard InChI is InChI=1S/C26H18F2N4O3S2/c1-15-2-5-19(6-3-15)37(33,34)32-9-8-20-21(11-17-14-36-26(30)31-17)25(23(28)12-24(20)32)35-18-4-7-22(27)16(10-18)13-29/h2-10,12,14H,11H2,1H3,(H2,30,31). The number of thiazole rings is 1. The van der Waals surface area contributed by atoms with E-state index in [1.165, 1.54) is 35.7 Å². The van der Waals surface area contributed by atoms with Gasteiger partial charge in [-0.3, -0.25) is 0 Å². The highest BCUT2D eigenvalue weighted by Gasteiger charge is 2.25. The molecule has 0 saturated carbocycles. The summed E-state index contributed by atoms with van der Waals surface area (Å²) in [6.45, 7) is 1.84. The first-order valence-electron chi connectivity index (χ1n) is 10.9. The molecule has 0 radical (unpaired) electrons. The van der Waals surface area contributed by atoms with Gasteiger partial charge in [-0.05, 0) is 37.3 Å². The zero-order valence-electron chi connectivity index (χ0n) is 19.3. The van der Waals surface area contributed by atoms with Gasteiger partial charge in [0.2, 0.25) is 0 Å². The molecule has 0 fully saturated rings. The number of nitrogens with two attached hydrogens (primary N) is 1. The van der Waals surface area contributed by atoms with Crippen molar-refractivity contribution in [2.24, 2.45) is 0 Å². The lowest BCUT2D eigenvalue weighted by Gasteiger charge is -2.15. The van der Waals surface area contributed by atoms with Crippen LogP contribution in [-0.4, -0.2) is 17.4 Å². The van der Waals surface area contributed by atoms with Crippen LogP contribution in [0.1, 0.15) is 22.4 Å². The van der Waals surface area contributed by atoms with E-state index < -0.39 is 21.7 Å². The first-order valence-corrected chi connectivity index (χ1v) is 13.2. The van der Waals surface area contributed by atoms with Gasteiger partial charge in [-0.15, -0.1) is 11.3 Å². The predicted molar refractivity (Wildman–Crippen MR) is 136 cm³/mol. The molecule has 186 valence electrons. The Balaban J connectivity index is 1.69. The molecule has 0 aliphatic rings. The minimum Gasteiger partial charge on any atom is -0.454 e. The molecule has 0 unspecified atom stereocenters. The number of nitrogens with zero attached hydrogens (tertiary/aromatic N) is 3. The second-order valence-electron chi connectivity index (χ2n) is 8.24. The molecule has 0 atom stereocenters. The lowest BCUT2D eigenvalue weighted by Crippen LogP contribution is -2.12. The lowest BCUT2D eigenvalue weighted by atomic mass is 10.0. The van der Waals surface area contributed by atoms with Crippen LogP contribution in [0.4, 0.5) is 13.9 Å². The fraction of sp³-hybridized carbons (Fsp3) is 0.0769. The fourth-order valence-corrected chi connectivity index (χ4v) is 5.85. The minimum atomic E-state index is -4.03. The number of hydrogen-bond donors (Lipinski definition) is 1. The van der Waals surface area contributed by atoms with Crippen LogP contribution in [0.5, 0.6) is 11.5 Å². The van der Waals surface area contributed by atoms with Gasteiger partial charge in [-0.2, -0.15) is 5.26 Å². The normalized spacial score (nSPS) is 11.5. The number of aryl methyl sites for hydroxylation is 1. The van der Waals surface area contributed by atoms with Gasteiger partial charge >= 0.3 is 0 Å². The van der Waals surface area contributed by atoms with Crippen molar-refractivity contribution in [2.75, 3.05) is 5.73 Å². The van der Waals surface area contributed by atoms with E-state index >= 15 is 4.39 Å². The summed E-state index contributed by atoms with van der Waals surface area (Å²) in [5.74, 6) is -1.73. The molecule has 2 N–H and O–H groups in total. The van der Waals surface area contributed by atoms with E-state index in [-0.39, 0.29) is 33.9 Å². The molecule has 0 aliphatic carbocycles. The van der Waals surface area contributed by atoms with E-state index in [1.807, 2.05) is 6.92 Å². The van der Waals surface area contributed by atoms with Crippen LogP contribution in [0, 0.1) is 29.9 Å². The number of halogens is 2. The van der Waals surface area contributed by atoms with Crippen molar-refractivity contribution < 1.29 is 21.9 Å². The summed E-state index contributed by atoms with van der Waals surface area (Å²) in [7, 11) is -4.03. The van der Waals surface area contributed by atoms with Crippen molar-refractivity contribution in [2.45, 2.75) is 18.2 Å². The number of rotatable bonds is 6. The van der Waals surface area contributed by atoms with Gasteiger partial charge in [0.1, 0.15) is 17.6 Å². The quantitative estimate of drug-likeness (QED) is 0.295. The molecular formula is C26H18F2N4O3S2. The predicted octanol–water partition coefficient (Wildman–Crippen LogP) is 5.76. The van der Waals surface area contributed by atoms with Gasteiger partial charge in [0.15, 0.2) is 16.7 Å². The van der Waals surface area contributed by atoms with E-state index in [0.29, 0.717) is 21.8 Å². The number of fused-ring (bicyclic) bond motifs is 1. The second kappa shape index (κ2) is 9.31. The van der Waals surface area contributed by atoms with Crippen molar-refractivity contribution in [3.63, 3.8) is 0 Å². The largest absolute Gasteiger partial charge is 0.454 e. The summed E-state index contributed by atoms with van der Waals surface area (Å²) in [5, 5.41) is 11.6. The van der Waals surface area contributed by atoms with E-state index in [0.717, 1.165) is 27.7 Å². The van der Waals surface area contributed by atoms with Crippen molar-refractivity contribution >= 4 is 37.4 Å². The van der Waals surface area contributed by atoms with Crippen LogP contribution < -0.4 is 10.5 Å². The van der Waals surface area contributed by atoms with Crippen molar-refractivity contribution in [1.82, 2.24) is 8.96 Å². The van der Waals surface area contributed by atoms with Gasteiger partial charge in [0.05, 0.1) is 21.7 Å². The third-order valence-electron chi connectivity index (χ3n) is 5.75. The van der Waals surface area contributed by atoms with Crippen molar-refractivity contribution in [3.05, 3.63) is 100 Å². The summed E-state index contributed by atoms with van der Waals surface area (Å²) < 4.78 is 63.1. The molecule has 0 saturated heterocycles. The van der Waals surface area contributed by atoms with Gasteiger partial charge in [-0.1, -0.05) is 17.7 Å². The van der Waals surface area contributed by atoms with Crippen LogP contribution in [-0.2, 0) is 16.4 Å². The molecule has 5 rings (SSSR count). The molecule has 0 aliphatic heterocycles. The number of nitrogen functional groups attached to an aromatic ring is 1. The van der Waals surface area contributed by atoms with Crippen LogP contribution in [0.25, 0.3) is 10.9 Å². The molecule has 37 heavy (non-hydrogen) atoms. The molecule has 5 aromatic rings. The van der Waals surface area contributed by atoms with Crippen LogP contribution in [0.3, 0.4) is 0 Å². The summed E-state index contributed by atoms with van der Waals surface area (Å²) >= 11 is 1.21. The molecule has 11 heteroatoms. The maximum absolute atomic E-state index is 15.6. The molecule has 0 bridgehead atoms. The average molecular weight is 537 g/mol. The van der Waals surface area contributed by atoms with Gasteiger partial charge < -0.3 is 10.5 Å². The molecule has 2 aromatic heterocycles. The summed E-state index contributed by atoms with van der Waals surface area (Å²) in [5.41, 5.74) is 7.37. The lowest BCUT2D eigenvalue weighted by molar-refractivity contribution is 0.437. The average Bonchev–Trinajstić information content (AvgIpc) is 3.48. The molecule has 0 amide bonds.